The summed E-state index contributed by atoms with van der Waals surface area (Å²) < 4.78 is 1.52. The average Bonchev–Trinajstić information content (AvgIpc) is 1.85. The molecular weight excluding hydrogens is 223 g/mol. The van der Waals surface area contributed by atoms with E-state index in [0.29, 0.717) is 0 Å². The Morgan fingerprint density at radius 3 is 2.44 bits per heavy atom. The highest BCUT2D eigenvalue weighted by Gasteiger charge is 1.86. The van der Waals surface area contributed by atoms with Crippen molar-refractivity contribution in [2.24, 2.45) is 0 Å². The van der Waals surface area contributed by atoms with E-state index in [-0.39, 0.29) is 0 Å². The van der Waals surface area contributed by atoms with Crippen molar-refractivity contribution in [2.45, 2.75) is 39.5 Å². The molecule has 0 aliphatic rings. The van der Waals surface area contributed by atoms with Gasteiger partial charge in [-0.2, -0.15) is 0 Å². The van der Waals surface area contributed by atoms with Crippen LogP contribution in [-0.4, -0.2) is 0 Å². The fraction of sp³-hybridized carbons (Fsp3) is 0.750. The zero-order chi connectivity index (χ0) is 7.11. The summed E-state index contributed by atoms with van der Waals surface area (Å²) in [5, 5.41) is 0. The predicted molar refractivity (Wildman–Crippen MR) is 51.9 cm³/mol. The second-order valence-electron chi connectivity index (χ2n) is 2.19. The Morgan fingerprint density at radius 2 is 2.00 bits per heavy atom. The molecule has 0 aromatic carbocycles. The Labute approximate surface area is 71.9 Å². The van der Waals surface area contributed by atoms with Crippen LogP contribution in [-0.2, 0) is 0 Å². The molecule has 9 heavy (non-hydrogen) atoms. The topological polar surface area (TPSA) is 0 Å². The number of hydrogen-bond donors (Lipinski definition) is 0. The molecule has 0 N–H and O–H groups in total. The molecule has 0 saturated heterocycles. The van der Waals surface area contributed by atoms with Crippen molar-refractivity contribution in [1.29, 1.82) is 0 Å². The van der Waals surface area contributed by atoms with Crippen LogP contribution in [0.5, 0.6) is 0 Å². The summed E-state index contributed by atoms with van der Waals surface area (Å²) in [6, 6.07) is 0. The Hall–Kier alpha value is 0.470. The van der Waals surface area contributed by atoms with Crippen molar-refractivity contribution in [3.63, 3.8) is 0 Å². The summed E-state index contributed by atoms with van der Waals surface area (Å²) in [5.41, 5.74) is 0. The highest BCUT2D eigenvalue weighted by atomic mass is 127. The smallest absolute Gasteiger partial charge is 0.0134 e. The van der Waals surface area contributed by atoms with E-state index in [9.17, 15) is 0 Å². The average molecular weight is 238 g/mol. The second-order valence-corrected chi connectivity index (χ2v) is 3.58. The molecule has 0 aromatic heterocycles. The lowest BCUT2D eigenvalue weighted by molar-refractivity contribution is 0.917. The molecule has 0 spiro atoms. The monoisotopic (exact) mass is 238 g/mol. The van der Waals surface area contributed by atoms with E-state index in [0.717, 1.165) is 0 Å². The summed E-state index contributed by atoms with van der Waals surface area (Å²) in [7, 11) is 0. The fourth-order valence-electron chi connectivity index (χ4n) is 0.642. The molecule has 1 heteroatoms. The molecule has 0 aliphatic carbocycles. The molecule has 0 saturated carbocycles. The molecule has 0 unspecified atom stereocenters. The van der Waals surface area contributed by atoms with Gasteiger partial charge in [0.15, 0.2) is 0 Å². The minimum absolute atomic E-state index is 1.25. The first-order chi connectivity index (χ1) is 4.31. The van der Waals surface area contributed by atoms with Gasteiger partial charge in [-0.15, -0.1) is 0 Å². The van der Waals surface area contributed by atoms with Crippen molar-refractivity contribution in [2.75, 3.05) is 0 Å². The second kappa shape index (κ2) is 6.59. The highest BCUT2D eigenvalue weighted by Crippen LogP contribution is 2.14. The molecule has 0 atom stereocenters. The highest BCUT2D eigenvalue weighted by molar-refractivity contribution is 14.1. The Bertz CT molecular complexity index is 84.6. The van der Waals surface area contributed by atoms with Gasteiger partial charge < -0.3 is 0 Å². The van der Waals surface area contributed by atoms with Crippen molar-refractivity contribution >= 4 is 22.6 Å². The van der Waals surface area contributed by atoms with E-state index in [1.54, 1.807) is 0 Å². The van der Waals surface area contributed by atoms with Crippen LogP contribution in [0, 0.1) is 0 Å². The molecule has 0 fully saturated rings. The molecule has 0 bridgehead atoms. The number of hydrogen-bond acceptors (Lipinski definition) is 0. The van der Waals surface area contributed by atoms with Gasteiger partial charge in [-0.05, 0) is 39.0 Å². The van der Waals surface area contributed by atoms with Crippen molar-refractivity contribution in [3.8, 4) is 0 Å². The van der Waals surface area contributed by atoms with Crippen LogP contribution in [0.1, 0.15) is 39.5 Å². The molecule has 0 radical (unpaired) electrons. The van der Waals surface area contributed by atoms with Gasteiger partial charge in [0.25, 0.3) is 0 Å². The van der Waals surface area contributed by atoms with E-state index in [1.165, 1.54) is 29.3 Å². The van der Waals surface area contributed by atoms with Crippen LogP contribution in [0.2, 0.25) is 0 Å². The van der Waals surface area contributed by atoms with Gasteiger partial charge in [0, 0.05) is 0 Å². The van der Waals surface area contributed by atoms with E-state index in [4.69, 9.17) is 0 Å². The lowest BCUT2D eigenvalue weighted by Crippen LogP contribution is -1.70. The Kier molecular flexibility index (Phi) is 6.93. The minimum atomic E-state index is 1.25. The van der Waals surface area contributed by atoms with E-state index in [1.807, 2.05) is 0 Å². The van der Waals surface area contributed by atoms with Crippen LogP contribution in [0.4, 0.5) is 0 Å². The number of allylic oxidation sites excluding steroid dienone is 2. The lowest BCUT2D eigenvalue weighted by Gasteiger charge is -1.92. The van der Waals surface area contributed by atoms with E-state index < -0.39 is 0 Å². The van der Waals surface area contributed by atoms with Gasteiger partial charge in [0.1, 0.15) is 0 Å². The molecular formula is C8H15I. The quantitative estimate of drug-likeness (QED) is 0.651. The molecule has 0 nitrogen and oxygen atoms in total. The summed E-state index contributed by atoms with van der Waals surface area (Å²) in [6.07, 6.45) is 7.40. The van der Waals surface area contributed by atoms with Gasteiger partial charge in [-0.25, -0.2) is 0 Å². The SMILES string of the molecule is CCC/C=C(/I)CCC. The molecule has 0 aliphatic heterocycles. The number of unbranched alkanes of at least 4 members (excludes halogenated alkanes) is 1. The van der Waals surface area contributed by atoms with Crippen LogP contribution >= 0.6 is 22.6 Å². The van der Waals surface area contributed by atoms with Gasteiger partial charge >= 0.3 is 0 Å². The zero-order valence-corrected chi connectivity index (χ0v) is 8.44. The van der Waals surface area contributed by atoms with Gasteiger partial charge in [-0.1, -0.05) is 32.8 Å². The van der Waals surface area contributed by atoms with Crippen molar-refractivity contribution in [3.05, 3.63) is 9.66 Å². The van der Waals surface area contributed by atoms with Crippen LogP contribution in [0.15, 0.2) is 9.66 Å². The molecule has 0 heterocycles. The largest absolute Gasteiger partial charge is 0.0752 e. The standard InChI is InChI=1S/C8H15I/c1-3-5-7-8(9)6-4-2/h7H,3-6H2,1-2H3/b8-7+. The third-order valence-corrected chi connectivity index (χ3v) is 2.12. The maximum atomic E-state index is 2.43. The van der Waals surface area contributed by atoms with Gasteiger partial charge in [0.05, 0.1) is 0 Å². The normalized spacial score (nSPS) is 12.1. The van der Waals surface area contributed by atoms with Crippen LogP contribution < -0.4 is 0 Å². The fourth-order valence-corrected chi connectivity index (χ4v) is 1.49. The minimum Gasteiger partial charge on any atom is -0.0752 e. The zero-order valence-electron chi connectivity index (χ0n) is 6.28. The maximum absolute atomic E-state index is 2.43. The summed E-state index contributed by atoms with van der Waals surface area (Å²) in [5.74, 6) is 0. The first kappa shape index (κ1) is 9.47. The molecule has 0 amide bonds. The Balaban J connectivity index is 3.30. The van der Waals surface area contributed by atoms with Gasteiger partial charge in [0.2, 0.25) is 0 Å². The van der Waals surface area contributed by atoms with Crippen LogP contribution in [0.3, 0.4) is 0 Å². The first-order valence-corrected chi connectivity index (χ1v) is 4.73. The summed E-state index contributed by atoms with van der Waals surface area (Å²) >= 11 is 2.43. The van der Waals surface area contributed by atoms with E-state index >= 15 is 0 Å². The summed E-state index contributed by atoms with van der Waals surface area (Å²) in [6.45, 7) is 4.44. The van der Waals surface area contributed by atoms with Crippen LogP contribution in [0.25, 0.3) is 0 Å². The Morgan fingerprint density at radius 1 is 1.33 bits per heavy atom. The maximum Gasteiger partial charge on any atom is -0.0134 e. The number of halogens is 1. The first-order valence-electron chi connectivity index (χ1n) is 3.65. The third kappa shape index (κ3) is 6.35. The molecule has 54 valence electrons. The van der Waals surface area contributed by atoms with E-state index in [2.05, 4.69) is 42.5 Å². The molecule has 0 aromatic rings. The summed E-state index contributed by atoms with van der Waals surface area (Å²) in [4.78, 5) is 0. The third-order valence-electron chi connectivity index (χ3n) is 1.14. The lowest BCUT2D eigenvalue weighted by atomic mass is 10.2. The molecule has 0 rings (SSSR count). The van der Waals surface area contributed by atoms with Crippen molar-refractivity contribution < 1.29 is 0 Å². The predicted octanol–water partition coefficient (Wildman–Crippen LogP) is 3.91. The van der Waals surface area contributed by atoms with Gasteiger partial charge in [-0.3, -0.25) is 0 Å². The van der Waals surface area contributed by atoms with Crippen molar-refractivity contribution in [1.82, 2.24) is 0 Å². The number of rotatable bonds is 4.